The van der Waals surface area contributed by atoms with Crippen LogP contribution in [0.4, 0.5) is 0 Å². The molecular formula is C29H28N2O5S. The number of benzene rings is 3. The van der Waals surface area contributed by atoms with Crippen LogP contribution in [0.5, 0.6) is 0 Å². The van der Waals surface area contributed by atoms with Crippen LogP contribution >= 0.6 is 11.8 Å². The maximum Gasteiger partial charge on any atom is 0.368 e. The van der Waals surface area contributed by atoms with E-state index in [9.17, 15) is 19.6 Å². The van der Waals surface area contributed by atoms with Crippen LogP contribution in [0, 0.1) is 12.1 Å². The van der Waals surface area contributed by atoms with E-state index >= 15 is 0 Å². The molecule has 0 unspecified atom stereocenters. The van der Waals surface area contributed by atoms with E-state index in [-0.39, 0.29) is 0 Å². The Kier molecular flexibility index (Phi) is 6.43. The number of thioether (sulfide) groups is 1. The van der Waals surface area contributed by atoms with Gasteiger partial charge in [0.2, 0.25) is 12.1 Å². The molecule has 0 bridgehead atoms. The summed E-state index contributed by atoms with van der Waals surface area (Å²) in [5.74, 6) is -1.90. The Balaban J connectivity index is 1.39. The highest BCUT2D eigenvalue weighted by Gasteiger charge is 2.74. The van der Waals surface area contributed by atoms with Gasteiger partial charge in [0, 0.05) is 5.56 Å². The van der Waals surface area contributed by atoms with Crippen LogP contribution in [0.1, 0.15) is 47.0 Å². The Hall–Kier alpha value is -3.46. The molecule has 2 fully saturated rings. The monoisotopic (exact) mass is 516 g/mol. The second kappa shape index (κ2) is 9.45. The molecule has 2 aliphatic rings. The van der Waals surface area contributed by atoms with E-state index in [1.807, 2.05) is 67.6 Å². The third-order valence-corrected chi connectivity index (χ3v) is 8.66. The number of hydroxylamine groups is 3. The molecule has 4 atom stereocenters. The van der Waals surface area contributed by atoms with Gasteiger partial charge in [-0.25, -0.2) is 9.59 Å². The van der Waals surface area contributed by atoms with Crippen molar-refractivity contribution < 1.29 is 23.8 Å². The van der Waals surface area contributed by atoms with Crippen molar-refractivity contribution in [2.45, 2.75) is 49.1 Å². The van der Waals surface area contributed by atoms with Crippen molar-refractivity contribution in [2.75, 3.05) is 0 Å². The predicted molar refractivity (Wildman–Crippen MR) is 141 cm³/mol. The molecule has 37 heavy (non-hydrogen) atoms. The van der Waals surface area contributed by atoms with E-state index in [0.717, 1.165) is 16.7 Å². The summed E-state index contributed by atoms with van der Waals surface area (Å²) in [6, 6.07) is 23.3. The van der Waals surface area contributed by atoms with E-state index in [0.29, 0.717) is 5.56 Å². The van der Waals surface area contributed by atoms with Gasteiger partial charge in [-0.05, 0) is 44.0 Å². The van der Waals surface area contributed by atoms with Gasteiger partial charge < -0.3 is 15.3 Å². The SMILES string of the molecule is Cc1ccc(C(=O)N[C@@H]2C(=O)[N@+]3([O-])[C@@H]2SC(C)(C)[C@@H]3C(=O)OC(c2ccccc2)c2ccccc2)cc1. The number of quaternary nitrogens is 1. The van der Waals surface area contributed by atoms with Crippen molar-refractivity contribution in [1.82, 2.24) is 5.32 Å². The fourth-order valence-corrected chi connectivity index (χ4v) is 6.84. The Morgan fingerprint density at radius 2 is 1.49 bits per heavy atom. The lowest BCUT2D eigenvalue weighted by Gasteiger charge is -2.54. The molecule has 3 aromatic rings. The van der Waals surface area contributed by atoms with Crippen molar-refractivity contribution in [2.24, 2.45) is 0 Å². The topological polar surface area (TPSA) is 95.5 Å². The lowest BCUT2D eigenvalue weighted by atomic mass is 9.94. The molecule has 0 aliphatic carbocycles. The standard InChI is InChI=1S/C29H28N2O5S/c1-18-14-16-21(17-15-18)25(32)30-22-26(33)31(35)24(29(2,3)37-27(22)31)28(34)36-23(19-10-6-4-7-11-19)20-12-8-5-9-13-20/h4-17,22-24,27H,1-3H3,(H,30,32)/t22-,24+,27-,31+/m1/s1. The number of rotatable bonds is 6. The van der Waals surface area contributed by atoms with Gasteiger partial charge in [-0.2, -0.15) is 0 Å². The molecule has 2 amide bonds. The first-order valence-electron chi connectivity index (χ1n) is 12.1. The second-order valence-electron chi connectivity index (χ2n) is 10.0. The Morgan fingerprint density at radius 1 is 0.946 bits per heavy atom. The maximum absolute atomic E-state index is 14.0. The number of aryl methyl sites for hydroxylation is 1. The number of esters is 1. The minimum atomic E-state index is -1.34. The lowest BCUT2D eigenvalue weighted by molar-refractivity contribution is -0.857. The third-order valence-electron chi connectivity index (χ3n) is 7.00. The number of amides is 2. The Labute approximate surface area is 220 Å². The van der Waals surface area contributed by atoms with Crippen LogP contribution < -0.4 is 5.32 Å². The lowest BCUT2D eigenvalue weighted by Crippen LogP contribution is -2.79. The van der Waals surface area contributed by atoms with Gasteiger partial charge in [-0.3, -0.25) is 9.44 Å². The number of β-lactam (4-membered cyclic amide) rings is 1. The van der Waals surface area contributed by atoms with Crippen molar-refractivity contribution in [3.05, 3.63) is 112 Å². The number of carbonyl (C=O) groups excluding carboxylic acids is 3. The summed E-state index contributed by atoms with van der Waals surface area (Å²) < 4.78 is 3.77. The maximum atomic E-state index is 14.0. The fraction of sp³-hybridized carbons (Fsp3) is 0.276. The fourth-order valence-electron chi connectivity index (χ4n) is 5.13. The second-order valence-corrected chi connectivity index (χ2v) is 11.8. The number of carbonyl (C=O) groups is 3. The van der Waals surface area contributed by atoms with E-state index < -0.39 is 50.7 Å². The molecule has 3 aromatic carbocycles. The number of hydrogen-bond acceptors (Lipinski definition) is 6. The number of fused-ring (bicyclic) bond motifs is 1. The predicted octanol–water partition coefficient (Wildman–Crippen LogP) is 4.50. The van der Waals surface area contributed by atoms with Crippen LogP contribution in [0.3, 0.4) is 0 Å². The zero-order valence-corrected chi connectivity index (χ0v) is 21.6. The van der Waals surface area contributed by atoms with Crippen LogP contribution in [0.2, 0.25) is 0 Å². The smallest absolute Gasteiger partial charge is 0.368 e. The van der Waals surface area contributed by atoms with Gasteiger partial charge in [0.25, 0.3) is 5.91 Å². The summed E-state index contributed by atoms with van der Waals surface area (Å²) in [6.07, 6.45) is -0.727. The Morgan fingerprint density at radius 3 is 2.03 bits per heavy atom. The molecule has 0 aromatic heterocycles. The zero-order valence-electron chi connectivity index (χ0n) is 20.8. The largest absolute Gasteiger partial charge is 0.624 e. The summed E-state index contributed by atoms with van der Waals surface area (Å²) in [5, 5.41) is 15.9. The van der Waals surface area contributed by atoms with Gasteiger partial charge in [0.05, 0.1) is 4.75 Å². The van der Waals surface area contributed by atoms with Crippen molar-refractivity contribution in [3.8, 4) is 0 Å². The first-order valence-corrected chi connectivity index (χ1v) is 13.0. The molecule has 2 heterocycles. The highest BCUT2D eigenvalue weighted by molar-refractivity contribution is 8.01. The normalized spacial score (nSPS) is 25.8. The molecule has 0 radical (unpaired) electrons. The first-order chi connectivity index (χ1) is 17.6. The minimum absolute atomic E-state index is 0.404. The summed E-state index contributed by atoms with van der Waals surface area (Å²) in [5.41, 5.74) is 2.93. The molecule has 1 N–H and O–H groups in total. The van der Waals surface area contributed by atoms with E-state index in [1.54, 1.807) is 38.1 Å². The molecule has 2 aliphatic heterocycles. The zero-order chi connectivity index (χ0) is 26.4. The molecule has 2 saturated heterocycles. The van der Waals surface area contributed by atoms with Crippen molar-refractivity contribution in [3.63, 3.8) is 0 Å². The minimum Gasteiger partial charge on any atom is -0.624 e. The summed E-state index contributed by atoms with van der Waals surface area (Å²) >= 11 is 1.25. The van der Waals surface area contributed by atoms with E-state index in [1.165, 1.54) is 11.8 Å². The van der Waals surface area contributed by atoms with Gasteiger partial charge in [0.1, 0.15) is 0 Å². The van der Waals surface area contributed by atoms with Crippen molar-refractivity contribution in [1.29, 1.82) is 0 Å². The van der Waals surface area contributed by atoms with E-state index in [4.69, 9.17) is 4.74 Å². The summed E-state index contributed by atoms with van der Waals surface area (Å²) in [4.78, 5) is 39.6. The third kappa shape index (κ3) is 4.35. The average molecular weight is 517 g/mol. The number of hydrogen-bond donors (Lipinski definition) is 1. The Bertz CT molecular complexity index is 1290. The molecule has 0 spiro atoms. The number of ether oxygens (including phenoxy) is 1. The summed E-state index contributed by atoms with van der Waals surface area (Å²) in [6.45, 7) is 5.45. The van der Waals surface area contributed by atoms with Crippen LogP contribution in [-0.2, 0) is 14.3 Å². The van der Waals surface area contributed by atoms with Gasteiger partial charge >= 0.3 is 11.9 Å². The number of nitrogens with one attached hydrogen (secondary N) is 1. The number of nitrogens with zero attached hydrogens (tertiary/aromatic N) is 1. The highest BCUT2D eigenvalue weighted by Crippen LogP contribution is 2.56. The van der Waals surface area contributed by atoms with Gasteiger partial charge in [-0.1, -0.05) is 90.1 Å². The molecular weight excluding hydrogens is 488 g/mol. The molecule has 5 rings (SSSR count). The summed E-state index contributed by atoms with van der Waals surface area (Å²) in [7, 11) is 0. The van der Waals surface area contributed by atoms with E-state index in [2.05, 4.69) is 5.32 Å². The van der Waals surface area contributed by atoms with Crippen LogP contribution in [0.15, 0.2) is 84.9 Å². The van der Waals surface area contributed by atoms with Crippen molar-refractivity contribution >= 4 is 29.5 Å². The quantitative estimate of drug-likeness (QED) is 0.224. The molecule has 7 nitrogen and oxygen atoms in total. The molecule has 190 valence electrons. The molecule has 8 heteroatoms. The van der Waals surface area contributed by atoms with Gasteiger partial charge in [-0.15, -0.1) is 0 Å². The average Bonchev–Trinajstić information content (AvgIpc) is 3.09. The van der Waals surface area contributed by atoms with Crippen LogP contribution in [0.25, 0.3) is 0 Å². The van der Waals surface area contributed by atoms with Gasteiger partial charge in [0.15, 0.2) is 11.5 Å². The first kappa shape index (κ1) is 25.2. The van der Waals surface area contributed by atoms with Crippen LogP contribution in [-0.4, -0.2) is 44.6 Å². The molecule has 0 saturated carbocycles. The highest BCUT2D eigenvalue weighted by atomic mass is 32.2.